The first kappa shape index (κ1) is 17.8. The third kappa shape index (κ3) is 4.71. The minimum absolute atomic E-state index is 0.0252. The van der Waals surface area contributed by atoms with E-state index < -0.39 is 0 Å². The number of benzene rings is 1. The summed E-state index contributed by atoms with van der Waals surface area (Å²) in [6.07, 6.45) is 2.39. The standard InChI is InChI=1S/C19H31N3O/c1-14(2)16-6-7-19(17(12-16)13-20-15(3)23)22-10-8-18(9-11-22)21(4)5/h6-7,12,14,18H,8-11,13H2,1-5H3,(H,20,23). The van der Waals surface area contributed by atoms with Crippen molar-refractivity contribution in [2.75, 3.05) is 32.1 Å². The molecule has 1 N–H and O–H groups in total. The SMILES string of the molecule is CC(=O)NCc1cc(C(C)C)ccc1N1CCC(N(C)C)CC1. The molecular formula is C19H31N3O. The van der Waals surface area contributed by atoms with Crippen LogP contribution >= 0.6 is 0 Å². The van der Waals surface area contributed by atoms with Gasteiger partial charge in [0.05, 0.1) is 0 Å². The van der Waals surface area contributed by atoms with Crippen LogP contribution in [0.2, 0.25) is 0 Å². The number of nitrogens with one attached hydrogen (secondary N) is 1. The molecule has 2 rings (SSSR count). The molecule has 0 spiro atoms. The maximum Gasteiger partial charge on any atom is 0.217 e. The summed E-state index contributed by atoms with van der Waals surface area (Å²) in [7, 11) is 4.33. The summed E-state index contributed by atoms with van der Waals surface area (Å²) in [6, 6.07) is 7.41. The predicted octanol–water partition coefficient (Wildman–Crippen LogP) is 2.98. The molecule has 1 fully saturated rings. The zero-order valence-corrected chi connectivity index (χ0v) is 15.2. The molecule has 0 unspecified atom stereocenters. The lowest BCUT2D eigenvalue weighted by atomic mass is 9.97. The smallest absolute Gasteiger partial charge is 0.217 e. The molecule has 0 saturated carbocycles. The van der Waals surface area contributed by atoms with Crippen LogP contribution in [0.1, 0.15) is 50.7 Å². The Balaban J connectivity index is 2.18. The number of nitrogens with zero attached hydrogens (tertiary/aromatic N) is 2. The molecule has 0 aromatic heterocycles. The highest BCUT2D eigenvalue weighted by Crippen LogP contribution is 2.28. The Labute approximate surface area is 140 Å². The van der Waals surface area contributed by atoms with Crippen LogP contribution in [-0.4, -0.2) is 44.0 Å². The molecule has 1 aromatic rings. The molecule has 0 bridgehead atoms. The molecule has 1 heterocycles. The highest BCUT2D eigenvalue weighted by Gasteiger charge is 2.22. The van der Waals surface area contributed by atoms with Crippen molar-refractivity contribution in [2.45, 2.75) is 52.1 Å². The zero-order chi connectivity index (χ0) is 17.0. The Morgan fingerprint density at radius 3 is 2.48 bits per heavy atom. The van der Waals surface area contributed by atoms with Gasteiger partial charge in [-0.2, -0.15) is 0 Å². The van der Waals surface area contributed by atoms with Crippen molar-refractivity contribution in [3.63, 3.8) is 0 Å². The second kappa shape index (κ2) is 7.82. The largest absolute Gasteiger partial charge is 0.371 e. The third-order valence-electron chi connectivity index (χ3n) is 4.83. The van der Waals surface area contributed by atoms with E-state index in [1.54, 1.807) is 6.92 Å². The van der Waals surface area contributed by atoms with E-state index in [2.05, 4.69) is 61.3 Å². The second-order valence-corrected chi connectivity index (χ2v) is 7.13. The summed E-state index contributed by atoms with van der Waals surface area (Å²) in [6.45, 7) is 8.76. The van der Waals surface area contributed by atoms with E-state index in [0.717, 1.165) is 13.1 Å². The van der Waals surface area contributed by atoms with E-state index in [4.69, 9.17) is 0 Å². The summed E-state index contributed by atoms with van der Waals surface area (Å²) < 4.78 is 0. The minimum atomic E-state index is 0.0252. The Morgan fingerprint density at radius 1 is 1.30 bits per heavy atom. The molecule has 4 nitrogen and oxygen atoms in total. The Morgan fingerprint density at radius 2 is 1.96 bits per heavy atom. The van der Waals surface area contributed by atoms with Crippen LogP contribution in [0.5, 0.6) is 0 Å². The Bertz CT molecular complexity index is 531. The van der Waals surface area contributed by atoms with Gasteiger partial charge in [0, 0.05) is 38.3 Å². The van der Waals surface area contributed by atoms with E-state index in [9.17, 15) is 4.79 Å². The summed E-state index contributed by atoms with van der Waals surface area (Å²) in [5, 5.41) is 2.96. The van der Waals surface area contributed by atoms with Crippen molar-refractivity contribution in [3.8, 4) is 0 Å². The van der Waals surface area contributed by atoms with Gasteiger partial charge in [0.25, 0.3) is 0 Å². The average Bonchev–Trinajstić information content (AvgIpc) is 2.52. The first-order valence-corrected chi connectivity index (χ1v) is 8.67. The van der Waals surface area contributed by atoms with E-state index in [-0.39, 0.29) is 5.91 Å². The van der Waals surface area contributed by atoms with Crippen molar-refractivity contribution in [3.05, 3.63) is 29.3 Å². The molecule has 4 heteroatoms. The van der Waals surface area contributed by atoms with Gasteiger partial charge >= 0.3 is 0 Å². The normalized spacial score (nSPS) is 16.2. The van der Waals surface area contributed by atoms with Crippen LogP contribution in [0.15, 0.2) is 18.2 Å². The van der Waals surface area contributed by atoms with Crippen LogP contribution in [0.3, 0.4) is 0 Å². The number of hydrogen-bond donors (Lipinski definition) is 1. The van der Waals surface area contributed by atoms with Gasteiger partial charge in [0.15, 0.2) is 0 Å². The number of anilines is 1. The zero-order valence-electron chi connectivity index (χ0n) is 15.2. The van der Waals surface area contributed by atoms with Gasteiger partial charge < -0.3 is 15.1 Å². The molecule has 0 radical (unpaired) electrons. The van der Waals surface area contributed by atoms with Gasteiger partial charge in [-0.15, -0.1) is 0 Å². The molecule has 0 aliphatic carbocycles. The van der Waals surface area contributed by atoms with Crippen molar-refractivity contribution in [1.29, 1.82) is 0 Å². The van der Waals surface area contributed by atoms with Crippen molar-refractivity contribution >= 4 is 11.6 Å². The molecule has 1 amide bonds. The van der Waals surface area contributed by atoms with Gasteiger partial charge in [-0.1, -0.05) is 26.0 Å². The molecule has 1 aromatic carbocycles. The van der Waals surface area contributed by atoms with Crippen LogP contribution in [0, 0.1) is 0 Å². The first-order chi connectivity index (χ1) is 10.9. The first-order valence-electron chi connectivity index (χ1n) is 8.67. The molecule has 1 aliphatic rings. The van der Waals surface area contributed by atoms with Crippen molar-refractivity contribution < 1.29 is 4.79 Å². The molecule has 1 aliphatic heterocycles. The lowest BCUT2D eigenvalue weighted by Gasteiger charge is -2.37. The Kier molecular flexibility index (Phi) is 6.05. The quantitative estimate of drug-likeness (QED) is 0.907. The molecule has 128 valence electrons. The number of amides is 1. The number of hydrogen-bond acceptors (Lipinski definition) is 3. The summed E-state index contributed by atoms with van der Waals surface area (Å²) in [5.41, 5.74) is 3.84. The van der Waals surface area contributed by atoms with Crippen LogP contribution in [-0.2, 0) is 11.3 Å². The third-order valence-corrected chi connectivity index (χ3v) is 4.83. The number of carbonyl (C=O) groups excluding carboxylic acids is 1. The lowest BCUT2D eigenvalue weighted by Crippen LogP contribution is -2.42. The Hall–Kier alpha value is -1.55. The van der Waals surface area contributed by atoms with E-state index in [1.165, 1.54) is 29.7 Å². The number of piperidine rings is 1. The van der Waals surface area contributed by atoms with Gasteiger partial charge in [-0.05, 0) is 50.0 Å². The monoisotopic (exact) mass is 317 g/mol. The topological polar surface area (TPSA) is 35.6 Å². The second-order valence-electron chi connectivity index (χ2n) is 7.13. The molecular weight excluding hydrogens is 286 g/mol. The van der Waals surface area contributed by atoms with Crippen LogP contribution < -0.4 is 10.2 Å². The molecule has 0 atom stereocenters. The fourth-order valence-corrected chi connectivity index (χ4v) is 3.26. The van der Waals surface area contributed by atoms with Crippen LogP contribution in [0.25, 0.3) is 0 Å². The van der Waals surface area contributed by atoms with Crippen LogP contribution in [0.4, 0.5) is 5.69 Å². The predicted molar refractivity (Wildman–Crippen MR) is 97.0 cm³/mol. The molecule has 23 heavy (non-hydrogen) atoms. The highest BCUT2D eigenvalue weighted by molar-refractivity contribution is 5.73. The highest BCUT2D eigenvalue weighted by atomic mass is 16.1. The summed E-state index contributed by atoms with van der Waals surface area (Å²) in [5.74, 6) is 0.525. The van der Waals surface area contributed by atoms with Gasteiger partial charge in [0.2, 0.25) is 5.91 Å². The fraction of sp³-hybridized carbons (Fsp3) is 0.632. The lowest BCUT2D eigenvalue weighted by molar-refractivity contribution is -0.119. The summed E-state index contributed by atoms with van der Waals surface area (Å²) >= 11 is 0. The van der Waals surface area contributed by atoms with Gasteiger partial charge in [0.1, 0.15) is 0 Å². The fourth-order valence-electron chi connectivity index (χ4n) is 3.26. The van der Waals surface area contributed by atoms with E-state index in [1.807, 2.05) is 0 Å². The van der Waals surface area contributed by atoms with Crippen molar-refractivity contribution in [1.82, 2.24) is 10.2 Å². The number of rotatable bonds is 5. The van der Waals surface area contributed by atoms with E-state index in [0.29, 0.717) is 18.5 Å². The summed E-state index contributed by atoms with van der Waals surface area (Å²) in [4.78, 5) is 16.1. The average molecular weight is 317 g/mol. The maximum absolute atomic E-state index is 11.3. The van der Waals surface area contributed by atoms with Crippen molar-refractivity contribution in [2.24, 2.45) is 0 Å². The van der Waals surface area contributed by atoms with Gasteiger partial charge in [-0.25, -0.2) is 0 Å². The minimum Gasteiger partial charge on any atom is -0.371 e. The van der Waals surface area contributed by atoms with E-state index >= 15 is 0 Å². The molecule has 1 saturated heterocycles. The maximum atomic E-state index is 11.3. The number of carbonyl (C=O) groups is 1. The van der Waals surface area contributed by atoms with Gasteiger partial charge in [-0.3, -0.25) is 4.79 Å².